The molecule has 0 radical (unpaired) electrons. The fourth-order valence-corrected chi connectivity index (χ4v) is 8.13. The van der Waals surface area contributed by atoms with Gasteiger partial charge in [-0.1, -0.05) is 77.4 Å². The topological polar surface area (TPSA) is 0 Å². The molecule has 0 amide bonds. The zero-order valence-electron chi connectivity index (χ0n) is 17.7. The summed E-state index contributed by atoms with van der Waals surface area (Å²) in [6.07, 6.45) is 7.57. The van der Waals surface area contributed by atoms with E-state index in [0.717, 1.165) is 0 Å². The Morgan fingerprint density at radius 3 is 1.32 bits per heavy atom. The molecule has 0 unspecified atom stereocenters. The molecule has 0 heterocycles. The first kappa shape index (κ1) is 19.5. The van der Waals surface area contributed by atoms with E-state index in [2.05, 4.69) is 77.4 Å². The molecule has 0 saturated carbocycles. The van der Waals surface area contributed by atoms with Crippen molar-refractivity contribution in [2.75, 3.05) is 0 Å². The van der Waals surface area contributed by atoms with Gasteiger partial charge in [0.1, 0.15) is 0 Å². The van der Waals surface area contributed by atoms with Crippen LogP contribution >= 0.6 is 15.9 Å². The van der Waals surface area contributed by atoms with Crippen molar-refractivity contribution in [1.82, 2.24) is 0 Å². The molecule has 0 aromatic heterocycles. The van der Waals surface area contributed by atoms with Crippen molar-refractivity contribution >= 4 is 15.9 Å². The van der Waals surface area contributed by atoms with Crippen LogP contribution in [0.3, 0.4) is 0 Å². The third-order valence-electron chi connectivity index (χ3n) is 8.03. The van der Waals surface area contributed by atoms with Gasteiger partial charge >= 0.3 is 0 Å². The van der Waals surface area contributed by atoms with Crippen LogP contribution in [-0.2, 0) is 21.7 Å². The van der Waals surface area contributed by atoms with E-state index in [1.54, 1.807) is 22.3 Å². The predicted octanol–water partition coefficient (Wildman–Crippen LogP) is 7.93. The first-order valence-corrected chi connectivity index (χ1v) is 11.2. The summed E-state index contributed by atoms with van der Waals surface area (Å²) < 4.78 is 1.45. The summed E-state index contributed by atoms with van der Waals surface area (Å²) in [4.78, 5) is 0. The Morgan fingerprint density at radius 2 is 1.04 bits per heavy atom. The van der Waals surface area contributed by atoms with Gasteiger partial charge in [0, 0.05) is 4.47 Å². The first-order valence-electron chi connectivity index (χ1n) is 10.4. The summed E-state index contributed by atoms with van der Waals surface area (Å²) in [5, 5.41) is 0. The van der Waals surface area contributed by atoms with Gasteiger partial charge in [-0.05, 0) is 82.4 Å². The molecule has 0 bridgehead atoms. The molecule has 1 aromatic rings. The second kappa shape index (κ2) is 5.85. The van der Waals surface area contributed by atoms with Gasteiger partial charge < -0.3 is 0 Å². The Labute approximate surface area is 164 Å². The fraction of sp³-hybridized carbons (Fsp3) is 0.750. The fourth-order valence-electron chi connectivity index (χ4n) is 6.63. The summed E-state index contributed by atoms with van der Waals surface area (Å²) in [6, 6.07) is 2.68. The zero-order valence-corrected chi connectivity index (χ0v) is 19.3. The van der Waals surface area contributed by atoms with E-state index < -0.39 is 0 Å². The highest BCUT2D eigenvalue weighted by molar-refractivity contribution is 9.10. The minimum absolute atomic E-state index is 0.259. The van der Waals surface area contributed by atoms with Crippen LogP contribution in [0, 0.1) is 0 Å². The Bertz CT molecular complexity index is 628. The molecule has 0 fully saturated rings. The van der Waals surface area contributed by atoms with Gasteiger partial charge in [0.2, 0.25) is 0 Å². The summed E-state index contributed by atoms with van der Waals surface area (Å²) in [5.41, 5.74) is 7.79. The average molecular weight is 405 g/mol. The number of benzene rings is 1. The number of hydrogen-bond acceptors (Lipinski definition) is 0. The molecule has 0 nitrogen and oxygen atoms in total. The lowest BCUT2D eigenvalue weighted by Gasteiger charge is -2.32. The van der Waals surface area contributed by atoms with E-state index in [-0.39, 0.29) is 10.8 Å². The minimum Gasteiger partial charge on any atom is -0.0645 e. The monoisotopic (exact) mass is 404 g/mol. The van der Waals surface area contributed by atoms with E-state index >= 15 is 0 Å². The molecule has 0 aliphatic heterocycles. The van der Waals surface area contributed by atoms with Crippen LogP contribution in [0.2, 0.25) is 0 Å². The molecule has 0 saturated heterocycles. The molecule has 0 spiro atoms. The first-order chi connectivity index (χ1) is 11.5. The molecule has 0 atom stereocenters. The summed E-state index contributed by atoms with van der Waals surface area (Å²) in [6.45, 7) is 19.4. The van der Waals surface area contributed by atoms with Crippen LogP contribution in [0.1, 0.15) is 116 Å². The lowest BCUT2D eigenvalue weighted by atomic mass is 9.72. The quantitative estimate of drug-likeness (QED) is 0.477. The van der Waals surface area contributed by atoms with E-state index in [1.165, 1.54) is 43.0 Å². The van der Waals surface area contributed by atoms with E-state index in [0.29, 0.717) is 10.8 Å². The van der Waals surface area contributed by atoms with Crippen molar-refractivity contribution in [3.63, 3.8) is 0 Å². The Morgan fingerprint density at radius 1 is 0.720 bits per heavy atom. The Hall–Kier alpha value is -0.300. The second-order valence-corrected chi connectivity index (χ2v) is 10.9. The molecule has 1 heteroatoms. The smallest absolute Gasteiger partial charge is 0.0256 e. The highest BCUT2D eigenvalue weighted by atomic mass is 79.9. The maximum atomic E-state index is 4.15. The molecule has 3 rings (SSSR count). The largest absolute Gasteiger partial charge is 0.0645 e. The number of fused-ring (bicyclic) bond motifs is 2. The summed E-state index contributed by atoms with van der Waals surface area (Å²) in [5.74, 6) is 0. The molecule has 0 N–H and O–H groups in total. The molecule has 140 valence electrons. The molecule has 1 aromatic carbocycles. The lowest BCUT2D eigenvalue weighted by molar-refractivity contribution is 0.321. The zero-order chi connectivity index (χ0) is 18.8. The van der Waals surface area contributed by atoms with Gasteiger partial charge in [-0.2, -0.15) is 0 Å². The van der Waals surface area contributed by atoms with Gasteiger partial charge in [-0.15, -0.1) is 0 Å². The standard InChI is InChI=1S/C24H37Br/c1-9-23(10-2)14-21(5,6)18-16(23)13-17-19(20(18)25)22(7,8)15-24(17,11-3)12-4/h13H,9-12,14-15H2,1-8H3. The van der Waals surface area contributed by atoms with Crippen LogP contribution in [0.15, 0.2) is 10.5 Å². The van der Waals surface area contributed by atoms with E-state index in [9.17, 15) is 0 Å². The van der Waals surface area contributed by atoms with Crippen molar-refractivity contribution in [1.29, 1.82) is 0 Å². The maximum absolute atomic E-state index is 4.15. The van der Waals surface area contributed by atoms with Gasteiger partial charge in [0.05, 0.1) is 0 Å². The third-order valence-corrected chi connectivity index (χ3v) is 8.82. The molecule has 2 aliphatic carbocycles. The molecular formula is C24H37Br. The van der Waals surface area contributed by atoms with Crippen LogP contribution in [-0.4, -0.2) is 0 Å². The van der Waals surface area contributed by atoms with Crippen LogP contribution in [0.4, 0.5) is 0 Å². The van der Waals surface area contributed by atoms with Gasteiger partial charge in [-0.25, -0.2) is 0 Å². The maximum Gasteiger partial charge on any atom is 0.0256 e. The molecular weight excluding hydrogens is 368 g/mol. The van der Waals surface area contributed by atoms with Crippen molar-refractivity contribution in [3.05, 3.63) is 32.8 Å². The SMILES string of the molecule is CCC1(CC)CC(C)(C)c2c1cc1c(c2Br)C(C)(C)CC1(CC)CC. The molecule has 2 aliphatic rings. The van der Waals surface area contributed by atoms with Crippen LogP contribution in [0.5, 0.6) is 0 Å². The van der Waals surface area contributed by atoms with Gasteiger partial charge in [0.25, 0.3) is 0 Å². The normalized spacial score (nSPS) is 24.2. The van der Waals surface area contributed by atoms with Crippen molar-refractivity contribution in [2.45, 2.75) is 116 Å². The van der Waals surface area contributed by atoms with Crippen molar-refractivity contribution in [2.24, 2.45) is 0 Å². The summed E-state index contributed by atoms with van der Waals surface area (Å²) >= 11 is 4.15. The Balaban J connectivity index is 2.41. The van der Waals surface area contributed by atoms with Crippen LogP contribution < -0.4 is 0 Å². The second-order valence-electron chi connectivity index (χ2n) is 10.1. The third kappa shape index (κ3) is 2.43. The minimum atomic E-state index is 0.259. The number of halogens is 1. The van der Waals surface area contributed by atoms with Gasteiger partial charge in [-0.3, -0.25) is 0 Å². The van der Waals surface area contributed by atoms with Crippen molar-refractivity contribution < 1.29 is 0 Å². The number of hydrogen-bond donors (Lipinski definition) is 0. The van der Waals surface area contributed by atoms with Crippen LogP contribution in [0.25, 0.3) is 0 Å². The highest BCUT2D eigenvalue weighted by Gasteiger charge is 2.53. The highest BCUT2D eigenvalue weighted by Crippen LogP contribution is 2.62. The summed E-state index contributed by atoms with van der Waals surface area (Å²) in [7, 11) is 0. The lowest BCUT2D eigenvalue weighted by Crippen LogP contribution is -2.25. The van der Waals surface area contributed by atoms with E-state index in [1.807, 2.05) is 0 Å². The predicted molar refractivity (Wildman–Crippen MR) is 114 cm³/mol. The number of rotatable bonds is 4. The molecule has 25 heavy (non-hydrogen) atoms. The van der Waals surface area contributed by atoms with Gasteiger partial charge in [0.15, 0.2) is 0 Å². The van der Waals surface area contributed by atoms with Crippen molar-refractivity contribution in [3.8, 4) is 0 Å². The Kier molecular flexibility index (Phi) is 4.55. The average Bonchev–Trinajstić information content (AvgIpc) is 2.94. The van der Waals surface area contributed by atoms with E-state index in [4.69, 9.17) is 0 Å².